The molecule has 0 radical (unpaired) electrons. The fourth-order valence-electron chi connectivity index (χ4n) is 1.65. The predicted octanol–water partition coefficient (Wildman–Crippen LogP) is 0.0927. The van der Waals surface area contributed by atoms with E-state index in [1.165, 1.54) is 0 Å². The molecule has 1 aromatic rings. The smallest absolute Gasteiger partial charge is 0.220 e. The molecule has 1 aromatic heterocycles. The van der Waals surface area contributed by atoms with E-state index in [4.69, 9.17) is 14.6 Å². The van der Waals surface area contributed by atoms with Crippen LogP contribution >= 0.6 is 0 Å². The molecule has 0 fully saturated rings. The summed E-state index contributed by atoms with van der Waals surface area (Å²) >= 11 is 0. The number of aliphatic hydroxyl groups excluding tert-OH is 1. The normalized spacial score (nSPS) is 14.8. The number of fused-ring (bicyclic) bond motifs is 1. The van der Waals surface area contributed by atoms with Crippen molar-refractivity contribution in [2.24, 2.45) is 0 Å². The second kappa shape index (κ2) is 4.55. The van der Waals surface area contributed by atoms with E-state index in [2.05, 4.69) is 9.97 Å². The Bertz CT molecular complexity index is 338. The lowest BCUT2D eigenvalue weighted by Gasteiger charge is -2.18. The van der Waals surface area contributed by atoms with Gasteiger partial charge in [0.05, 0.1) is 32.6 Å². The zero-order valence-electron chi connectivity index (χ0n) is 8.69. The quantitative estimate of drug-likeness (QED) is 0.766. The number of hydrogen-bond acceptors (Lipinski definition) is 5. The Labute approximate surface area is 88.1 Å². The fraction of sp³-hybridized carbons (Fsp3) is 0.600. The number of aromatic nitrogens is 2. The van der Waals surface area contributed by atoms with Crippen LogP contribution in [0.3, 0.4) is 0 Å². The van der Waals surface area contributed by atoms with E-state index in [0.29, 0.717) is 31.3 Å². The number of aliphatic hydroxyl groups is 1. The molecule has 0 aromatic carbocycles. The summed E-state index contributed by atoms with van der Waals surface area (Å²) in [5, 5.41) is 8.84. The molecular formula is C10H14N2O3. The number of methoxy groups -OCH3 is 1. The third-order valence-corrected chi connectivity index (χ3v) is 2.37. The Morgan fingerprint density at radius 2 is 2.33 bits per heavy atom. The van der Waals surface area contributed by atoms with Crippen molar-refractivity contribution in [3.8, 4) is 5.88 Å². The lowest BCUT2D eigenvalue weighted by Crippen LogP contribution is -2.16. The third-order valence-electron chi connectivity index (χ3n) is 2.37. The molecule has 1 N–H and O–H groups in total. The Kier molecular flexibility index (Phi) is 3.13. The summed E-state index contributed by atoms with van der Waals surface area (Å²) in [5.74, 6) is 1.23. The molecule has 0 aliphatic carbocycles. The van der Waals surface area contributed by atoms with Gasteiger partial charge in [-0.05, 0) is 0 Å². The Hall–Kier alpha value is -1.20. The second-order valence-corrected chi connectivity index (χ2v) is 3.35. The van der Waals surface area contributed by atoms with Crippen molar-refractivity contribution in [1.29, 1.82) is 0 Å². The van der Waals surface area contributed by atoms with Crippen LogP contribution < -0.4 is 4.74 Å². The maximum Gasteiger partial charge on any atom is 0.220 e. The fourth-order valence-corrected chi connectivity index (χ4v) is 1.65. The lowest BCUT2D eigenvalue weighted by atomic mass is 10.1. The third kappa shape index (κ3) is 2.08. The SMILES string of the molecule is COc1nc(CCO)nc2c1CCOC2. The molecule has 0 unspecified atom stereocenters. The van der Waals surface area contributed by atoms with E-state index < -0.39 is 0 Å². The Morgan fingerprint density at radius 3 is 3.07 bits per heavy atom. The van der Waals surface area contributed by atoms with Gasteiger partial charge in [-0.3, -0.25) is 0 Å². The molecule has 15 heavy (non-hydrogen) atoms. The molecule has 5 nitrogen and oxygen atoms in total. The Balaban J connectivity index is 2.38. The highest BCUT2D eigenvalue weighted by molar-refractivity contribution is 5.32. The van der Waals surface area contributed by atoms with Crippen molar-refractivity contribution in [2.75, 3.05) is 20.3 Å². The van der Waals surface area contributed by atoms with Gasteiger partial charge in [-0.2, -0.15) is 4.98 Å². The number of hydrogen-bond donors (Lipinski definition) is 1. The van der Waals surface area contributed by atoms with E-state index in [9.17, 15) is 0 Å². The molecule has 0 spiro atoms. The van der Waals surface area contributed by atoms with E-state index in [1.807, 2.05) is 0 Å². The zero-order chi connectivity index (χ0) is 10.7. The number of rotatable bonds is 3. The summed E-state index contributed by atoms with van der Waals surface area (Å²) in [6.45, 7) is 1.24. The van der Waals surface area contributed by atoms with E-state index >= 15 is 0 Å². The summed E-state index contributed by atoms with van der Waals surface area (Å²) in [5.41, 5.74) is 1.92. The first kappa shape index (κ1) is 10.3. The van der Waals surface area contributed by atoms with Gasteiger partial charge in [0.25, 0.3) is 0 Å². The maximum absolute atomic E-state index is 8.84. The molecule has 1 aliphatic rings. The van der Waals surface area contributed by atoms with Crippen LogP contribution in [-0.2, 0) is 24.2 Å². The van der Waals surface area contributed by atoms with Gasteiger partial charge in [-0.1, -0.05) is 0 Å². The highest BCUT2D eigenvalue weighted by Gasteiger charge is 2.18. The largest absolute Gasteiger partial charge is 0.481 e. The minimum atomic E-state index is 0.0444. The molecule has 5 heteroatoms. The van der Waals surface area contributed by atoms with Crippen LogP contribution in [0.25, 0.3) is 0 Å². The van der Waals surface area contributed by atoms with Gasteiger partial charge in [-0.15, -0.1) is 0 Å². The molecule has 2 heterocycles. The van der Waals surface area contributed by atoms with Crippen LogP contribution in [0.5, 0.6) is 5.88 Å². The van der Waals surface area contributed by atoms with Gasteiger partial charge < -0.3 is 14.6 Å². The summed E-state index contributed by atoms with van der Waals surface area (Å²) in [4.78, 5) is 8.58. The van der Waals surface area contributed by atoms with Crippen LogP contribution in [0.1, 0.15) is 17.1 Å². The summed E-state index contributed by atoms with van der Waals surface area (Å²) in [6, 6.07) is 0. The molecule has 1 aliphatic heterocycles. The molecule has 0 atom stereocenters. The predicted molar refractivity (Wildman–Crippen MR) is 52.7 cm³/mol. The monoisotopic (exact) mass is 210 g/mol. The number of nitrogens with zero attached hydrogens (tertiary/aromatic N) is 2. The van der Waals surface area contributed by atoms with E-state index in [0.717, 1.165) is 17.7 Å². The van der Waals surface area contributed by atoms with Gasteiger partial charge in [0, 0.05) is 18.4 Å². The summed E-state index contributed by atoms with van der Waals surface area (Å²) < 4.78 is 10.5. The zero-order valence-corrected chi connectivity index (χ0v) is 8.69. The molecular weight excluding hydrogens is 196 g/mol. The molecule has 82 valence electrons. The van der Waals surface area contributed by atoms with E-state index in [-0.39, 0.29) is 6.61 Å². The van der Waals surface area contributed by atoms with Crippen molar-refractivity contribution in [1.82, 2.24) is 9.97 Å². The van der Waals surface area contributed by atoms with Crippen molar-refractivity contribution in [2.45, 2.75) is 19.4 Å². The minimum Gasteiger partial charge on any atom is -0.481 e. The van der Waals surface area contributed by atoms with Crippen LogP contribution in [0.4, 0.5) is 0 Å². The van der Waals surface area contributed by atoms with Crippen LogP contribution in [-0.4, -0.2) is 35.4 Å². The van der Waals surface area contributed by atoms with E-state index in [1.54, 1.807) is 7.11 Å². The van der Waals surface area contributed by atoms with Gasteiger partial charge >= 0.3 is 0 Å². The van der Waals surface area contributed by atoms with Crippen molar-refractivity contribution >= 4 is 0 Å². The second-order valence-electron chi connectivity index (χ2n) is 3.35. The van der Waals surface area contributed by atoms with Gasteiger partial charge in [-0.25, -0.2) is 4.98 Å². The first-order chi connectivity index (χ1) is 7.35. The first-order valence-electron chi connectivity index (χ1n) is 4.96. The highest BCUT2D eigenvalue weighted by Crippen LogP contribution is 2.23. The average Bonchev–Trinajstić information content (AvgIpc) is 2.28. The summed E-state index contributed by atoms with van der Waals surface area (Å²) in [6.07, 6.45) is 1.24. The van der Waals surface area contributed by atoms with Crippen molar-refractivity contribution < 1.29 is 14.6 Å². The van der Waals surface area contributed by atoms with Crippen molar-refractivity contribution in [3.63, 3.8) is 0 Å². The topological polar surface area (TPSA) is 64.5 Å². The van der Waals surface area contributed by atoms with Gasteiger partial charge in [0.2, 0.25) is 5.88 Å². The Morgan fingerprint density at radius 1 is 1.47 bits per heavy atom. The van der Waals surface area contributed by atoms with Crippen LogP contribution in [0.15, 0.2) is 0 Å². The first-order valence-corrected chi connectivity index (χ1v) is 4.96. The standard InChI is InChI=1S/C10H14N2O3/c1-14-10-7-3-5-15-6-8(7)11-9(12-10)2-4-13/h13H,2-6H2,1H3. The van der Waals surface area contributed by atoms with Crippen molar-refractivity contribution in [3.05, 3.63) is 17.1 Å². The van der Waals surface area contributed by atoms with Crippen LogP contribution in [0, 0.1) is 0 Å². The average molecular weight is 210 g/mol. The molecule has 0 bridgehead atoms. The molecule has 2 rings (SSSR count). The van der Waals surface area contributed by atoms with Crippen LogP contribution in [0.2, 0.25) is 0 Å². The summed E-state index contributed by atoms with van der Waals surface area (Å²) in [7, 11) is 1.60. The minimum absolute atomic E-state index is 0.0444. The molecule has 0 saturated heterocycles. The number of ether oxygens (including phenoxy) is 2. The molecule has 0 amide bonds. The van der Waals surface area contributed by atoms with Gasteiger partial charge in [0.1, 0.15) is 5.82 Å². The van der Waals surface area contributed by atoms with Gasteiger partial charge in [0.15, 0.2) is 0 Å². The lowest BCUT2D eigenvalue weighted by molar-refractivity contribution is 0.105. The molecule has 0 saturated carbocycles. The highest BCUT2D eigenvalue weighted by atomic mass is 16.5. The maximum atomic E-state index is 8.84.